The minimum Gasteiger partial charge on any atom is -0.336 e. The molecule has 2 rings (SSSR count). The largest absolute Gasteiger partial charge is 0.336 e. The number of carbonyl (C=O) groups is 2. The second kappa shape index (κ2) is 10.6. The first-order valence-electron chi connectivity index (χ1n) is 8.03. The lowest BCUT2D eigenvalue weighted by Gasteiger charge is -2.32. The predicted molar refractivity (Wildman–Crippen MR) is 106 cm³/mol. The van der Waals surface area contributed by atoms with E-state index in [1.165, 1.54) is 0 Å². The number of halogens is 2. The van der Waals surface area contributed by atoms with Crippen molar-refractivity contribution < 1.29 is 9.59 Å². The Morgan fingerprint density at radius 3 is 2.04 bits per heavy atom. The quantitative estimate of drug-likeness (QED) is 0.821. The van der Waals surface area contributed by atoms with Gasteiger partial charge in [0, 0.05) is 37.4 Å². The molecule has 0 unspecified atom stereocenters. The summed E-state index contributed by atoms with van der Waals surface area (Å²) < 4.78 is 0. The van der Waals surface area contributed by atoms with Gasteiger partial charge in [-0.1, -0.05) is 13.8 Å². The lowest BCUT2D eigenvalue weighted by Crippen LogP contribution is -2.47. The molecule has 25 heavy (non-hydrogen) atoms. The van der Waals surface area contributed by atoms with E-state index in [0.717, 1.165) is 26.2 Å². The van der Waals surface area contributed by atoms with Gasteiger partial charge in [0.2, 0.25) is 5.91 Å². The van der Waals surface area contributed by atoms with E-state index in [4.69, 9.17) is 5.73 Å². The summed E-state index contributed by atoms with van der Waals surface area (Å²) in [6.45, 7) is 7.10. The predicted octanol–water partition coefficient (Wildman–Crippen LogP) is 1.84. The van der Waals surface area contributed by atoms with Gasteiger partial charge in [-0.15, -0.1) is 24.8 Å². The van der Waals surface area contributed by atoms with Crippen LogP contribution in [0.3, 0.4) is 0 Å². The van der Waals surface area contributed by atoms with Gasteiger partial charge in [0.05, 0.1) is 6.04 Å². The Hall–Kier alpha value is -1.34. The standard InChI is InChI=1S/C17H26N4O2.2ClH/c1-12(2)15(18)16(22)19-14-6-4-13(5-7-14)17(23)21-10-8-20(3)9-11-21;;/h4-7,12,15H,8-11,18H2,1-3H3,(H,19,22);2*1H/t15-;;/m0../s1. The van der Waals surface area contributed by atoms with Crippen LogP contribution in [-0.4, -0.2) is 60.9 Å². The number of likely N-dealkylation sites (N-methyl/N-ethyl adjacent to an activating group) is 1. The smallest absolute Gasteiger partial charge is 0.253 e. The number of piperazine rings is 1. The fourth-order valence-electron chi connectivity index (χ4n) is 2.42. The van der Waals surface area contributed by atoms with E-state index in [1.807, 2.05) is 18.7 Å². The summed E-state index contributed by atoms with van der Waals surface area (Å²) in [4.78, 5) is 28.4. The van der Waals surface area contributed by atoms with Crippen molar-refractivity contribution in [2.45, 2.75) is 19.9 Å². The molecule has 1 aliphatic heterocycles. The van der Waals surface area contributed by atoms with E-state index in [2.05, 4.69) is 17.3 Å². The van der Waals surface area contributed by atoms with Crippen molar-refractivity contribution in [2.24, 2.45) is 11.7 Å². The molecule has 1 heterocycles. The number of nitrogens with two attached hydrogens (primary N) is 1. The molecule has 1 atom stereocenters. The Labute approximate surface area is 161 Å². The molecule has 0 radical (unpaired) electrons. The van der Waals surface area contributed by atoms with Gasteiger partial charge in [-0.05, 0) is 37.2 Å². The molecule has 1 saturated heterocycles. The molecule has 8 heteroatoms. The summed E-state index contributed by atoms with van der Waals surface area (Å²) in [5.41, 5.74) is 7.11. The molecule has 6 nitrogen and oxygen atoms in total. The monoisotopic (exact) mass is 390 g/mol. The maximum absolute atomic E-state index is 12.4. The van der Waals surface area contributed by atoms with Crippen LogP contribution in [0.15, 0.2) is 24.3 Å². The first-order chi connectivity index (χ1) is 10.9. The van der Waals surface area contributed by atoms with Crippen LogP contribution in [0.25, 0.3) is 0 Å². The van der Waals surface area contributed by atoms with Crippen LogP contribution >= 0.6 is 24.8 Å². The normalized spacial score (nSPS) is 15.8. The van der Waals surface area contributed by atoms with Crippen molar-refractivity contribution in [2.75, 3.05) is 38.5 Å². The zero-order valence-corrected chi connectivity index (χ0v) is 16.5. The molecule has 0 bridgehead atoms. The van der Waals surface area contributed by atoms with Crippen molar-refractivity contribution in [3.63, 3.8) is 0 Å². The van der Waals surface area contributed by atoms with Gasteiger partial charge < -0.3 is 20.9 Å². The van der Waals surface area contributed by atoms with E-state index in [-0.39, 0.29) is 42.5 Å². The molecule has 1 aromatic carbocycles. The van der Waals surface area contributed by atoms with E-state index >= 15 is 0 Å². The average molecular weight is 391 g/mol. The highest BCUT2D eigenvalue weighted by Crippen LogP contribution is 2.14. The maximum atomic E-state index is 12.4. The Balaban J connectivity index is 0.00000288. The number of amides is 2. The van der Waals surface area contributed by atoms with Crippen LogP contribution in [0.5, 0.6) is 0 Å². The average Bonchev–Trinajstić information content (AvgIpc) is 2.54. The third-order valence-corrected chi connectivity index (χ3v) is 4.21. The minimum atomic E-state index is -0.540. The number of anilines is 1. The molecule has 0 aliphatic carbocycles. The summed E-state index contributed by atoms with van der Waals surface area (Å²) in [5.74, 6) is -0.0962. The zero-order valence-electron chi connectivity index (χ0n) is 14.9. The fraction of sp³-hybridized carbons (Fsp3) is 0.529. The molecule has 2 amide bonds. The third-order valence-electron chi connectivity index (χ3n) is 4.21. The third kappa shape index (κ3) is 6.47. The highest BCUT2D eigenvalue weighted by atomic mass is 35.5. The van der Waals surface area contributed by atoms with E-state index < -0.39 is 6.04 Å². The molecule has 3 N–H and O–H groups in total. The molecule has 1 aliphatic rings. The van der Waals surface area contributed by atoms with Gasteiger partial charge in [0.25, 0.3) is 5.91 Å². The summed E-state index contributed by atoms with van der Waals surface area (Å²) in [5, 5.41) is 2.78. The number of benzene rings is 1. The summed E-state index contributed by atoms with van der Waals surface area (Å²) in [6.07, 6.45) is 0. The highest BCUT2D eigenvalue weighted by molar-refractivity contribution is 5.97. The van der Waals surface area contributed by atoms with Crippen LogP contribution in [0.2, 0.25) is 0 Å². The lowest BCUT2D eigenvalue weighted by molar-refractivity contribution is -0.118. The van der Waals surface area contributed by atoms with Crippen molar-refractivity contribution in [1.29, 1.82) is 0 Å². The van der Waals surface area contributed by atoms with Crippen molar-refractivity contribution in [1.82, 2.24) is 9.80 Å². The fourth-order valence-corrected chi connectivity index (χ4v) is 2.42. The molecule has 1 fully saturated rings. The highest BCUT2D eigenvalue weighted by Gasteiger charge is 2.21. The molecule has 1 aromatic rings. The Bertz CT molecular complexity index is 558. The second-order valence-corrected chi connectivity index (χ2v) is 6.43. The van der Waals surface area contributed by atoms with Gasteiger partial charge in [-0.25, -0.2) is 0 Å². The van der Waals surface area contributed by atoms with E-state index in [0.29, 0.717) is 11.3 Å². The second-order valence-electron chi connectivity index (χ2n) is 6.43. The SMILES string of the molecule is CC(C)[C@H](N)C(=O)Nc1ccc(C(=O)N2CCN(C)CC2)cc1.Cl.Cl. The maximum Gasteiger partial charge on any atom is 0.253 e. The molecule has 0 aromatic heterocycles. The van der Waals surface area contributed by atoms with E-state index in [9.17, 15) is 9.59 Å². The Morgan fingerprint density at radius 2 is 1.56 bits per heavy atom. The Morgan fingerprint density at radius 1 is 1.04 bits per heavy atom. The summed E-state index contributed by atoms with van der Waals surface area (Å²) in [6, 6.07) is 6.44. The van der Waals surface area contributed by atoms with Gasteiger partial charge >= 0.3 is 0 Å². The first-order valence-corrected chi connectivity index (χ1v) is 8.03. The van der Waals surface area contributed by atoms with Gasteiger partial charge in [0.1, 0.15) is 0 Å². The molecule has 0 spiro atoms. The summed E-state index contributed by atoms with van der Waals surface area (Å²) >= 11 is 0. The number of nitrogens with one attached hydrogen (secondary N) is 1. The number of hydrogen-bond donors (Lipinski definition) is 2. The van der Waals surface area contributed by atoms with Crippen molar-refractivity contribution in [3.05, 3.63) is 29.8 Å². The van der Waals surface area contributed by atoms with Crippen LogP contribution in [0.1, 0.15) is 24.2 Å². The van der Waals surface area contributed by atoms with Crippen LogP contribution in [-0.2, 0) is 4.79 Å². The van der Waals surface area contributed by atoms with E-state index in [1.54, 1.807) is 24.3 Å². The topological polar surface area (TPSA) is 78.7 Å². The zero-order chi connectivity index (χ0) is 17.0. The van der Waals surface area contributed by atoms with Crippen LogP contribution in [0.4, 0.5) is 5.69 Å². The number of rotatable bonds is 4. The first kappa shape index (κ1) is 23.7. The van der Waals surface area contributed by atoms with Crippen molar-refractivity contribution >= 4 is 42.3 Å². The van der Waals surface area contributed by atoms with Crippen LogP contribution < -0.4 is 11.1 Å². The number of nitrogens with zero attached hydrogens (tertiary/aromatic N) is 2. The van der Waals surface area contributed by atoms with Gasteiger partial charge in [-0.3, -0.25) is 9.59 Å². The molecular weight excluding hydrogens is 363 g/mol. The lowest BCUT2D eigenvalue weighted by atomic mass is 10.0. The van der Waals surface area contributed by atoms with Gasteiger partial charge in [0.15, 0.2) is 0 Å². The number of carbonyl (C=O) groups excluding carboxylic acids is 2. The molecule has 0 saturated carbocycles. The molecule has 142 valence electrons. The van der Waals surface area contributed by atoms with Crippen molar-refractivity contribution in [3.8, 4) is 0 Å². The minimum absolute atomic E-state index is 0. The number of hydrogen-bond acceptors (Lipinski definition) is 4. The van der Waals surface area contributed by atoms with Gasteiger partial charge in [-0.2, -0.15) is 0 Å². The van der Waals surface area contributed by atoms with Crippen LogP contribution in [0, 0.1) is 5.92 Å². The molecular formula is C17H28Cl2N4O2. The summed E-state index contributed by atoms with van der Waals surface area (Å²) in [7, 11) is 2.06. The Kier molecular flexibility index (Phi) is 10.0.